The van der Waals surface area contributed by atoms with Gasteiger partial charge < -0.3 is 10.1 Å². The maximum absolute atomic E-state index is 5.64. The number of ether oxygens (including phenoxy) is 1. The van der Waals surface area contributed by atoms with E-state index in [1.165, 1.54) is 51.4 Å². The third kappa shape index (κ3) is 2.78. The van der Waals surface area contributed by atoms with E-state index in [4.69, 9.17) is 4.74 Å². The largest absolute Gasteiger partial charge is 0.377 e. The maximum Gasteiger partial charge on any atom is 0.0802 e. The Morgan fingerprint density at radius 2 is 1.88 bits per heavy atom. The van der Waals surface area contributed by atoms with Gasteiger partial charge in [0.05, 0.1) is 5.60 Å². The second-order valence-corrected chi connectivity index (χ2v) is 5.75. The summed E-state index contributed by atoms with van der Waals surface area (Å²) >= 11 is 0. The third-order valence-electron chi connectivity index (χ3n) is 4.83. The first-order chi connectivity index (χ1) is 7.78. The van der Waals surface area contributed by atoms with Crippen molar-refractivity contribution in [1.82, 2.24) is 5.32 Å². The predicted octanol–water partition coefficient (Wildman–Crippen LogP) is 3.11. The van der Waals surface area contributed by atoms with Gasteiger partial charge in [-0.2, -0.15) is 0 Å². The minimum absolute atomic E-state index is 0.196. The van der Waals surface area contributed by atoms with E-state index in [1.54, 1.807) is 0 Å². The first kappa shape index (κ1) is 12.4. The van der Waals surface area contributed by atoms with E-state index < -0.39 is 0 Å². The van der Waals surface area contributed by atoms with Gasteiger partial charge >= 0.3 is 0 Å². The molecule has 16 heavy (non-hydrogen) atoms. The monoisotopic (exact) mass is 225 g/mol. The Balaban J connectivity index is 1.67. The van der Waals surface area contributed by atoms with Gasteiger partial charge in [-0.15, -0.1) is 0 Å². The molecule has 94 valence electrons. The van der Waals surface area contributed by atoms with Crippen molar-refractivity contribution in [3.63, 3.8) is 0 Å². The highest BCUT2D eigenvalue weighted by molar-refractivity contribution is 4.92. The average Bonchev–Trinajstić information content (AvgIpc) is 2.29. The summed E-state index contributed by atoms with van der Waals surface area (Å²) in [6, 6.07) is 0.760. The van der Waals surface area contributed by atoms with Crippen LogP contribution in [0.1, 0.15) is 58.3 Å². The van der Waals surface area contributed by atoms with E-state index in [2.05, 4.69) is 12.2 Å². The molecule has 0 aromatic carbocycles. The summed E-state index contributed by atoms with van der Waals surface area (Å²) in [5.41, 5.74) is 0.196. The molecule has 0 radical (unpaired) electrons. The van der Waals surface area contributed by atoms with Crippen molar-refractivity contribution >= 4 is 0 Å². The summed E-state index contributed by atoms with van der Waals surface area (Å²) in [5.74, 6) is 0.998. The molecule has 0 saturated heterocycles. The standard InChI is InChI=1S/C14H27NO/c1-3-12-5-7-13(8-6-12)15-11-14(16-2)9-4-10-14/h12-13,15H,3-11H2,1-2H3. The van der Waals surface area contributed by atoms with Crippen LogP contribution in [-0.4, -0.2) is 25.3 Å². The van der Waals surface area contributed by atoms with Crippen LogP contribution < -0.4 is 5.32 Å². The molecule has 0 aromatic heterocycles. The van der Waals surface area contributed by atoms with Crippen LogP contribution in [0.2, 0.25) is 0 Å². The number of nitrogens with one attached hydrogen (secondary N) is 1. The fourth-order valence-electron chi connectivity index (χ4n) is 3.13. The van der Waals surface area contributed by atoms with Gasteiger partial charge in [-0.05, 0) is 50.9 Å². The molecule has 2 heteroatoms. The molecule has 0 aliphatic heterocycles. The minimum Gasteiger partial charge on any atom is -0.377 e. The first-order valence-corrected chi connectivity index (χ1v) is 7.06. The molecular weight excluding hydrogens is 198 g/mol. The van der Waals surface area contributed by atoms with Crippen molar-refractivity contribution in [2.24, 2.45) is 5.92 Å². The SMILES string of the molecule is CCC1CCC(NCC2(OC)CCC2)CC1. The Labute approximate surface area is 100 Å². The van der Waals surface area contributed by atoms with Crippen LogP contribution in [0.5, 0.6) is 0 Å². The van der Waals surface area contributed by atoms with E-state index >= 15 is 0 Å². The van der Waals surface area contributed by atoms with Crippen LogP contribution in [0.15, 0.2) is 0 Å². The average molecular weight is 225 g/mol. The van der Waals surface area contributed by atoms with Gasteiger partial charge in [-0.25, -0.2) is 0 Å². The lowest BCUT2D eigenvalue weighted by Gasteiger charge is -2.42. The highest BCUT2D eigenvalue weighted by Gasteiger charge is 2.37. The summed E-state index contributed by atoms with van der Waals surface area (Å²) in [5, 5.41) is 3.73. The second kappa shape index (κ2) is 5.50. The summed E-state index contributed by atoms with van der Waals surface area (Å²) < 4.78 is 5.64. The quantitative estimate of drug-likeness (QED) is 0.776. The molecule has 0 heterocycles. The van der Waals surface area contributed by atoms with Gasteiger partial charge in [0, 0.05) is 19.7 Å². The molecule has 0 atom stereocenters. The van der Waals surface area contributed by atoms with E-state index in [-0.39, 0.29) is 5.60 Å². The zero-order valence-electron chi connectivity index (χ0n) is 10.9. The van der Waals surface area contributed by atoms with Gasteiger partial charge in [0.25, 0.3) is 0 Å². The second-order valence-electron chi connectivity index (χ2n) is 5.75. The highest BCUT2D eigenvalue weighted by Crippen LogP contribution is 2.35. The van der Waals surface area contributed by atoms with Crippen molar-refractivity contribution in [2.45, 2.75) is 69.9 Å². The van der Waals surface area contributed by atoms with E-state index in [9.17, 15) is 0 Å². The summed E-state index contributed by atoms with van der Waals surface area (Å²) in [7, 11) is 1.87. The fourth-order valence-corrected chi connectivity index (χ4v) is 3.13. The van der Waals surface area contributed by atoms with Crippen molar-refractivity contribution < 1.29 is 4.74 Å². The molecule has 2 nitrogen and oxygen atoms in total. The van der Waals surface area contributed by atoms with Crippen LogP contribution in [-0.2, 0) is 4.74 Å². The fraction of sp³-hybridized carbons (Fsp3) is 1.00. The normalized spacial score (nSPS) is 33.4. The number of hydrogen-bond acceptors (Lipinski definition) is 2. The van der Waals surface area contributed by atoms with Crippen LogP contribution in [0.25, 0.3) is 0 Å². The van der Waals surface area contributed by atoms with Gasteiger partial charge in [0.2, 0.25) is 0 Å². The lowest BCUT2D eigenvalue weighted by atomic mass is 9.79. The molecule has 2 fully saturated rings. The van der Waals surface area contributed by atoms with Gasteiger partial charge in [-0.1, -0.05) is 13.3 Å². The molecule has 2 rings (SSSR count). The molecule has 0 amide bonds. The van der Waals surface area contributed by atoms with Crippen molar-refractivity contribution in [3.8, 4) is 0 Å². The zero-order chi connectivity index (χ0) is 11.4. The lowest BCUT2D eigenvalue weighted by molar-refractivity contribution is -0.0715. The Kier molecular flexibility index (Phi) is 4.26. The Morgan fingerprint density at radius 1 is 1.19 bits per heavy atom. The molecule has 0 spiro atoms. The summed E-state index contributed by atoms with van der Waals surface area (Å²) in [6.45, 7) is 3.40. The molecule has 2 aliphatic carbocycles. The first-order valence-electron chi connectivity index (χ1n) is 7.06. The van der Waals surface area contributed by atoms with Gasteiger partial charge in [-0.3, -0.25) is 0 Å². The number of rotatable bonds is 5. The van der Waals surface area contributed by atoms with Crippen LogP contribution in [0, 0.1) is 5.92 Å². The molecule has 0 aromatic rings. The summed E-state index contributed by atoms with van der Waals surface area (Å²) in [4.78, 5) is 0. The topological polar surface area (TPSA) is 21.3 Å². The highest BCUT2D eigenvalue weighted by atomic mass is 16.5. The molecular formula is C14H27NO. The van der Waals surface area contributed by atoms with Crippen LogP contribution in [0.4, 0.5) is 0 Å². The van der Waals surface area contributed by atoms with Crippen molar-refractivity contribution in [1.29, 1.82) is 0 Å². The van der Waals surface area contributed by atoms with Gasteiger partial charge in [0.1, 0.15) is 0 Å². The minimum atomic E-state index is 0.196. The van der Waals surface area contributed by atoms with E-state index in [0.717, 1.165) is 18.5 Å². The lowest BCUT2D eigenvalue weighted by Crippen LogP contribution is -2.50. The third-order valence-corrected chi connectivity index (χ3v) is 4.83. The molecule has 2 aliphatic rings. The molecule has 1 N–H and O–H groups in total. The van der Waals surface area contributed by atoms with E-state index in [1.807, 2.05) is 7.11 Å². The Hall–Kier alpha value is -0.0800. The molecule has 0 unspecified atom stereocenters. The molecule has 0 bridgehead atoms. The Morgan fingerprint density at radius 3 is 2.31 bits per heavy atom. The van der Waals surface area contributed by atoms with E-state index in [0.29, 0.717) is 0 Å². The number of hydrogen-bond donors (Lipinski definition) is 1. The van der Waals surface area contributed by atoms with Crippen molar-refractivity contribution in [2.75, 3.05) is 13.7 Å². The Bertz CT molecular complexity index is 199. The molecule has 2 saturated carbocycles. The zero-order valence-corrected chi connectivity index (χ0v) is 10.9. The maximum atomic E-state index is 5.64. The van der Waals surface area contributed by atoms with Crippen LogP contribution in [0.3, 0.4) is 0 Å². The van der Waals surface area contributed by atoms with Crippen molar-refractivity contribution in [3.05, 3.63) is 0 Å². The smallest absolute Gasteiger partial charge is 0.0802 e. The van der Waals surface area contributed by atoms with Crippen LogP contribution >= 0.6 is 0 Å². The van der Waals surface area contributed by atoms with Gasteiger partial charge in [0.15, 0.2) is 0 Å². The summed E-state index contributed by atoms with van der Waals surface area (Å²) in [6.07, 6.45) is 10.8. The predicted molar refractivity (Wildman–Crippen MR) is 67.6 cm³/mol. The number of methoxy groups -OCH3 is 1.